The number of carbonyl (C=O) groups is 1. The first-order valence-corrected chi connectivity index (χ1v) is 10.8. The number of oxime groups is 1. The molecule has 0 spiro atoms. The molecule has 1 aliphatic heterocycles. The molecule has 1 N–H and O–H groups in total. The van der Waals surface area contributed by atoms with Crippen molar-refractivity contribution in [3.8, 4) is 11.5 Å². The van der Waals surface area contributed by atoms with Crippen LogP contribution in [0.25, 0.3) is 0 Å². The lowest BCUT2D eigenvalue weighted by atomic mass is 10.1. The molecule has 3 rings (SSSR count). The number of amides is 1. The van der Waals surface area contributed by atoms with E-state index in [1.54, 1.807) is 20.1 Å². The van der Waals surface area contributed by atoms with E-state index < -0.39 is 6.10 Å². The summed E-state index contributed by atoms with van der Waals surface area (Å²) in [7, 11) is 1.58. The van der Waals surface area contributed by atoms with E-state index >= 15 is 0 Å². The van der Waals surface area contributed by atoms with Crippen LogP contribution in [0.3, 0.4) is 0 Å². The molecule has 1 saturated heterocycles. The second-order valence-corrected chi connectivity index (χ2v) is 7.41. The van der Waals surface area contributed by atoms with Gasteiger partial charge in [-0.05, 0) is 75.6 Å². The summed E-state index contributed by atoms with van der Waals surface area (Å²) in [4.78, 5) is 20.1. The second-order valence-electron chi connectivity index (χ2n) is 7.41. The summed E-state index contributed by atoms with van der Waals surface area (Å²) in [5.74, 6) is 1.03. The number of nitrogens with zero attached hydrogens (tertiary/aromatic N) is 2. The van der Waals surface area contributed by atoms with Gasteiger partial charge in [0.15, 0.2) is 11.5 Å². The van der Waals surface area contributed by atoms with Crippen LogP contribution >= 0.6 is 0 Å². The molecular formula is C24H31N3O4. The minimum absolute atomic E-state index is 0.257. The van der Waals surface area contributed by atoms with Gasteiger partial charge in [0.2, 0.25) is 6.10 Å². The molecule has 0 aromatic heterocycles. The topological polar surface area (TPSA) is 72.4 Å². The Kier molecular flexibility index (Phi) is 8.15. The van der Waals surface area contributed by atoms with Gasteiger partial charge in [0.1, 0.15) is 0 Å². The highest BCUT2D eigenvalue weighted by Gasteiger charge is 2.15. The summed E-state index contributed by atoms with van der Waals surface area (Å²) < 4.78 is 10.8. The van der Waals surface area contributed by atoms with Gasteiger partial charge in [0.25, 0.3) is 5.91 Å². The quantitative estimate of drug-likeness (QED) is 0.474. The fourth-order valence-corrected chi connectivity index (χ4v) is 3.42. The second kappa shape index (κ2) is 11.2. The van der Waals surface area contributed by atoms with Crippen LogP contribution in [0.5, 0.6) is 11.5 Å². The molecule has 2 aromatic carbocycles. The van der Waals surface area contributed by atoms with E-state index in [-0.39, 0.29) is 5.91 Å². The van der Waals surface area contributed by atoms with Gasteiger partial charge in [-0.1, -0.05) is 5.16 Å². The Bertz CT molecular complexity index is 877. The summed E-state index contributed by atoms with van der Waals surface area (Å²) in [6.45, 7) is 6.32. The van der Waals surface area contributed by atoms with Crippen molar-refractivity contribution in [1.82, 2.24) is 0 Å². The Balaban J connectivity index is 1.51. The largest absolute Gasteiger partial charge is 0.493 e. The van der Waals surface area contributed by atoms with Crippen molar-refractivity contribution < 1.29 is 19.1 Å². The van der Waals surface area contributed by atoms with E-state index in [4.69, 9.17) is 14.3 Å². The molecule has 1 atom stereocenters. The molecule has 0 bridgehead atoms. The monoisotopic (exact) mass is 425 g/mol. The third kappa shape index (κ3) is 6.38. The highest BCUT2D eigenvalue weighted by molar-refractivity contribution is 5.94. The Labute approximate surface area is 184 Å². The molecule has 0 saturated carbocycles. The summed E-state index contributed by atoms with van der Waals surface area (Å²) in [5.41, 5.74) is 2.71. The number of ether oxygens (including phenoxy) is 2. The number of anilines is 2. The van der Waals surface area contributed by atoms with Crippen molar-refractivity contribution in [3.05, 3.63) is 48.0 Å². The van der Waals surface area contributed by atoms with E-state index in [0.717, 1.165) is 24.3 Å². The molecule has 1 fully saturated rings. The first-order valence-electron chi connectivity index (χ1n) is 10.8. The van der Waals surface area contributed by atoms with Crippen LogP contribution in [0.15, 0.2) is 47.6 Å². The van der Waals surface area contributed by atoms with Gasteiger partial charge >= 0.3 is 0 Å². The van der Waals surface area contributed by atoms with Gasteiger partial charge in [0, 0.05) is 30.0 Å². The Morgan fingerprint density at radius 3 is 2.55 bits per heavy atom. The molecule has 31 heavy (non-hydrogen) atoms. The highest BCUT2D eigenvalue weighted by atomic mass is 16.6. The van der Waals surface area contributed by atoms with E-state index in [0.29, 0.717) is 18.1 Å². The molecule has 0 radical (unpaired) electrons. The smallest absolute Gasteiger partial charge is 0.267 e. The molecule has 1 aliphatic rings. The first kappa shape index (κ1) is 22.5. The maximum Gasteiger partial charge on any atom is 0.267 e. The summed E-state index contributed by atoms with van der Waals surface area (Å²) in [5, 5.41) is 6.81. The lowest BCUT2D eigenvalue weighted by Crippen LogP contribution is -2.29. The Morgan fingerprint density at radius 1 is 1.13 bits per heavy atom. The average molecular weight is 426 g/mol. The lowest BCUT2D eigenvalue weighted by Gasteiger charge is -2.28. The first-order chi connectivity index (χ1) is 15.1. The van der Waals surface area contributed by atoms with Crippen LogP contribution in [-0.2, 0) is 9.63 Å². The lowest BCUT2D eigenvalue weighted by molar-refractivity contribution is -0.126. The zero-order valence-corrected chi connectivity index (χ0v) is 18.5. The standard InChI is InChI=1S/C24H31N3O4/c1-4-30-22-13-8-19(16-23(22)29-3)17-25-31-18(2)24(28)26-20-9-11-21(12-10-20)27-14-6-5-7-15-27/h8-13,16-18H,4-7,14-15H2,1-3H3,(H,26,28)/b25-17+. The zero-order chi connectivity index (χ0) is 22.1. The van der Waals surface area contributed by atoms with Crippen LogP contribution in [0.1, 0.15) is 38.7 Å². The number of hydrogen-bond acceptors (Lipinski definition) is 6. The van der Waals surface area contributed by atoms with Crippen molar-refractivity contribution in [2.75, 3.05) is 37.0 Å². The molecule has 1 unspecified atom stereocenters. The predicted octanol–water partition coefficient (Wildman–Crippen LogP) is 4.46. The molecule has 1 heterocycles. The number of piperidine rings is 1. The van der Waals surface area contributed by atoms with Crippen LogP contribution in [0, 0.1) is 0 Å². The fraction of sp³-hybridized carbons (Fsp3) is 0.417. The third-order valence-corrected chi connectivity index (χ3v) is 5.13. The van der Waals surface area contributed by atoms with Crippen molar-refractivity contribution in [2.24, 2.45) is 5.16 Å². The number of carbonyl (C=O) groups excluding carboxylic acids is 1. The van der Waals surface area contributed by atoms with Gasteiger partial charge in [-0.3, -0.25) is 4.79 Å². The minimum Gasteiger partial charge on any atom is -0.493 e. The fourth-order valence-electron chi connectivity index (χ4n) is 3.42. The molecule has 166 valence electrons. The van der Waals surface area contributed by atoms with Crippen molar-refractivity contribution in [2.45, 2.75) is 39.2 Å². The van der Waals surface area contributed by atoms with Crippen LogP contribution in [0.4, 0.5) is 11.4 Å². The van der Waals surface area contributed by atoms with E-state index in [9.17, 15) is 4.79 Å². The Hall–Kier alpha value is -3.22. The number of rotatable bonds is 9. The Morgan fingerprint density at radius 2 is 1.87 bits per heavy atom. The maximum atomic E-state index is 12.4. The molecular weight excluding hydrogens is 394 g/mol. The van der Waals surface area contributed by atoms with E-state index in [1.165, 1.54) is 31.2 Å². The van der Waals surface area contributed by atoms with Gasteiger partial charge in [0.05, 0.1) is 19.9 Å². The van der Waals surface area contributed by atoms with Crippen LogP contribution in [-0.4, -0.2) is 45.0 Å². The van der Waals surface area contributed by atoms with Gasteiger partial charge in [-0.25, -0.2) is 0 Å². The number of methoxy groups -OCH3 is 1. The molecule has 2 aromatic rings. The van der Waals surface area contributed by atoms with Gasteiger partial charge < -0.3 is 24.5 Å². The number of nitrogens with one attached hydrogen (secondary N) is 1. The molecule has 0 aliphatic carbocycles. The third-order valence-electron chi connectivity index (χ3n) is 5.13. The van der Waals surface area contributed by atoms with Crippen molar-refractivity contribution in [3.63, 3.8) is 0 Å². The molecule has 1 amide bonds. The average Bonchev–Trinajstić information content (AvgIpc) is 2.81. The predicted molar refractivity (Wildman–Crippen MR) is 123 cm³/mol. The number of benzene rings is 2. The van der Waals surface area contributed by atoms with Gasteiger partial charge in [-0.2, -0.15) is 0 Å². The molecule has 7 nitrogen and oxygen atoms in total. The normalized spacial score (nSPS) is 14.9. The van der Waals surface area contributed by atoms with Crippen molar-refractivity contribution >= 4 is 23.5 Å². The van der Waals surface area contributed by atoms with Crippen molar-refractivity contribution in [1.29, 1.82) is 0 Å². The zero-order valence-electron chi connectivity index (χ0n) is 18.5. The summed E-state index contributed by atoms with van der Waals surface area (Å²) >= 11 is 0. The van der Waals surface area contributed by atoms with Gasteiger partial charge in [-0.15, -0.1) is 0 Å². The highest BCUT2D eigenvalue weighted by Crippen LogP contribution is 2.27. The molecule has 7 heteroatoms. The van der Waals surface area contributed by atoms with E-state index in [2.05, 4.69) is 15.4 Å². The number of hydrogen-bond donors (Lipinski definition) is 1. The minimum atomic E-state index is -0.734. The summed E-state index contributed by atoms with van der Waals surface area (Å²) in [6.07, 6.45) is 4.57. The SMILES string of the molecule is CCOc1ccc(/C=N/OC(C)C(=O)Nc2ccc(N3CCCCC3)cc2)cc1OC. The van der Waals surface area contributed by atoms with Crippen LogP contribution in [0.2, 0.25) is 0 Å². The van der Waals surface area contributed by atoms with E-state index in [1.807, 2.05) is 43.3 Å². The maximum absolute atomic E-state index is 12.4. The summed E-state index contributed by atoms with van der Waals surface area (Å²) in [6, 6.07) is 13.4. The van der Waals surface area contributed by atoms with Crippen LogP contribution < -0.4 is 19.7 Å².